The third-order valence-electron chi connectivity index (χ3n) is 2.28. The van der Waals surface area contributed by atoms with E-state index in [0.717, 1.165) is 23.7 Å². The monoisotopic (exact) mass is 290 g/mol. The molecular formula is C11H12BrFOS. The van der Waals surface area contributed by atoms with E-state index >= 15 is 0 Å². The van der Waals surface area contributed by atoms with Crippen LogP contribution in [0.15, 0.2) is 29.2 Å². The third kappa shape index (κ3) is 3.47. The Balaban J connectivity index is 1.80. The van der Waals surface area contributed by atoms with E-state index in [4.69, 9.17) is 4.74 Å². The van der Waals surface area contributed by atoms with E-state index in [-0.39, 0.29) is 5.82 Å². The Hall–Kier alpha value is -0.0600. The highest BCUT2D eigenvalue weighted by atomic mass is 79.9. The van der Waals surface area contributed by atoms with Gasteiger partial charge in [-0.3, -0.25) is 0 Å². The molecule has 2 rings (SSSR count). The minimum absolute atomic E-state index is 0.183. The fraction of sp³-hybridized carbons (Fsp3) is 0.455. The maximum absolute atomic E-state index is 12.6. The number of ether oxygens (including phenoxy) is 1. The summed E-state index contributed by atoms with van der Waals surface area (Å²) in [7, 11) is 0. The van der Waals surface area contributed by atoms with Crippen LogP contribution < -0.4 is 0 Å². The second kappa shape index (κ2) is 5.32. The summed E-state index contributed by atoms with van der Waals surface area (Å²) in [6.07, 6.45) is 1.39. The molecule has 0 bridgehead atoms. The summed E-state index contributed by atoms with van der Waals surface area (Å²) in [5, 5.41) is 0. The topological polar surface area (TPSA) is 9.23 Å². The molecule has 1 aromatic carbocycles. The molecular weight excluding hydrogens is 279 g/mol. The number of benzene rings is 1. The Kier molecular flexibility index (Phi) is 4.05. The van der Waals surface area contributed by atoms with Crippen molar-refractivity contribution >= 4 is 27.7 Å². The van der Waals surface area contributed by atoms with E-state index in [2.05, 4.69) is 15.9 Å². The average molecular weight is 291 g/mol. The van der Waals surface area contributed by atoms with Crippen molar-refractivity contribution in [2.24, 2.45) is 0 Å². The number of alkyl halides is 1. The lowest BCUT2D eigenvalue weighted by Gasteiger charge is -2.08. The van der Waals surface area contributed by atoms with Crippen LogP contribution in [0.25, 0.3) is 0 Å². The zero-order valence-corrected chi connectivity index (χ0v) is 10.6. The van der Waals surface area contributed by atoms with Gasteiger partial charge in [0.2, 0.25) is 0 Å². The van der Waals surface area contributed by atoms with Gasteiger partial charge in [-0.15, -0.1) is 11.8 Å². The van der Waals surface area contributed by atoms with E-state index in [1.807, 2.05) is 0 Å². The summed E-state index contributed by atoms with van der Waals surface area (Å²) in [5.74, 6) is 0.755. The van der Waals surface area contributed by atoms with Crippen LogP contribution in [0, 0.1) is 5.82 Å². The van der Waals surface area contributed by atoms with Crippen molar-refractivity contribution in [3.8, 4) is 0 Å². The van der Waals surface area contributed by atoms with Gasteiger partial charge < -0.3 is 4.74 Å². The highest BCUT2D eigenvalue weighted by molar-refractivity contribution is 9.09. The zero-order chi connectivity index (χ0) is 10.7. The lowest BCUT2D eigenvalue weighted by molar-refractivity contribution is 0.129. The average Bonchev–Trinajstić information content (AvgIpc) is 2.64. The van der Waals surface area contributed by atoms with Crippen molar-refractivity contribution in [2.45, 2.75) is 22.2 Å². The molecule has 82 valence electrons. The molecule has 15 heavy (non-hydrogen) atoms. The predicted molar refractivity (Wildman–Crippen MR) is 64.2 cm³/mol. The van der Waals surface area contributed by atoms with Gasteiger partial charge in [0.25, 0.3) is 0 Å². The van der Waals surface area contributed by atoms with Crippen molar-refractivity contribution in [1.29, 1.82) is 0 Å². The second-order valence-electron chi connectivity index (χ2n) is 3.55. The molecule has 1 nitrogen and oxygen atoms in total. The molecule has 4 heteroatoms. The molecule has 0 aromatic heterocycles. The fourth-order valence-corrected chi connectivity index (χ4v) is 3.01. The van der Waals surface area contributed by atoms with E-state index in [1.165, 1.54) is 12.1 Å². The van der Waals surface area contributed by atoms with Crippen LogP contribution in [0.1, 0.15) is 6.42 Å². The molecule has 1 saturated heterocycles. The molecule has 0 aliphatic carbocycles. The molecule has 1 aromatic rings. The first-order chi connectivity index (χ1) is 7.24. The van der Waals surface area contributed by atoms with Crippen molar-refractivity contribution in [3.05, 3.63) is 30.1 Å². The van der Waals surface area contributed by atoms with Crippen LogP contribution in [0.5, 0.6) is 0 Å². The molecule has 0 radical (unpaired) electrons. The SMILES string of the molecule is Fc1ccc(SC[C@@H]2C[C@H](Br)CO2)cc1. The van der Waals surface area contributed by atoms with E-state index < -0.39 is 0 Å². The number of rotatable bonds is 3. The van der Waals surface area contributed by atoms with Crippen LogP contribution in [-0.2, 0) is 4.74 Å². The minimum Gasteiger partial charge on any atom is -0.376 e. The summed E-state index contributed by atoms with van der Waals surface area (Å²) < 4.78 is 18.2. The van der Waals surface area contributed by atoms with Gasteiger partial charge in [0.05, 0.1) is 12.7 Å². The third-order valence-corrected chi connectivity index (χ3v) is 4.06. The highest BCUT2D eigenvalue weighted by Crippen LogP contribution is 2.26. The Labute approximate surface area is 102 Å². The molecule has 1 fully saturated rings. The molecule has 0 unspecified atom stereocenters. The normalized spacial score (nSPS) is 25.7. The number of hydrogen-bond donors (Lipinski definition) is 0. The summed E-state index contributed by atoms with van der Waals surface area (Å²) >= 11 is 5.25. The van der Waals surface area contributed by atoms with E-state index in [9.17, 15) is 4.39 Å². The van der Waals surface area contributed by atoms with Gasteiger partial charge in [-0.05, 0) is 30.7 Å². The van der Waals surface area contributed by atoms with Gasteiger partial charge in [-0.2, -0.15) is 0 Å². The molecule has 0 N–H and O–H groups in total. The summed E-state index contributed by atoms with van der Waals surface area (Å²) in [5.41, 5.74) is 0. The molecule has 1 heterocycles. The van der Waals surface area contributed by atoms with Crippen LogP contribution in [-0.4, -0.2) is 23.3 Å². The van der Waals surface area contributed by atoms with Crippen LogP contribution in [0.4, 0.5) is 4.39 Å². The van der Waals surface area contributed by atoms with Gasteiger partial charge in [-0.1, -0.05) is 15.9 Å². The summed E-state index contributed by atoms with van der Waals surface area (Å²) in [6, 6.07) is 6.59. The minimum atomic E-state index is -0.183. The second-order valence-corrected chi connectivity index (χ2v) is 5.94. The van der Waals surface area contributed by atoms with Gasteiger partial charge in [-0.25, -0.2) is 4.39 Å². The Morgan fingerprint density at radius 1 is 1.40 bits per heavy atom. The molecule has 0 spiro atoms. The largest absolute Gasteiger partial charge is 0.376 e. The number of thioether (sulfide) groups is 1. The van der Waals surface area contributed by atoms with Crippen molar-refractivity contribution < 1.29 is 9.13 Å². The van der Waals surface area contributed by atoms with Crippen LogP contribution in [0.3, 0.4) is 0 Å². The lowest BCUT2D eigenvalue weighted by atomic mass is 10.3. The standard InChI is InChI=1S/C11H12BrFOS/c12-8-5-10(14-6-8)7-15-11-3-1-9(13)2-4-11/h1-4,8,10H,5-7H2/t8-,10-/m0/s1. The molecule has 1 aliphatic rings. The van der Waals surface area contributed by atoms with Crippen molar-refractivity contribution in [1.82, 2.24) is 0 Å². The zero-order valence-electron chi connectivity index (χ0n) is 8.16. The Morgan fingerprint density at radius 3 is 2.73 bits per heavy atom. The van der Waals surface area contributed by atoms with E-state index in [0.29, 0.717) is 10.9 Å². The van der Waals surface area contributed by atoms with Gasteiger partial charge in [0.15, 0.2) is 0 Å². The number of halogens is 2. The molecule has 1 aliphatic heterocycles. The smallest absolute Gasteiger partial charge is 0.123 e. The van der Waals surface area contributed by atoms with Crippen molar-refractivity contribution in [3.63, 3.8) is 0 Å². The quantitative estimate of drug-likeness (QED) is 0.623. The first-order valence-corrected chi connectivity index (χ1v) is 6.78. The maximum atomic E-state index is 12.6. The fourth-order valence-electron chi connectivity index (χ4n) is 1.50. The Bertz CT molecular complexity index is 317. The molecule has 0 saturated carbocycles. The maximum Gasteiger partial charge on any atom is 0.123 e. The van der Waals surface area contributed by atoms with Crippen molar-refractivity contribution in [2.75, 3.05) is 12.4 Å². The van der Waals surface area contributed by atoms with Crippen LogP contribution in [0.2, 0.25) is 0 Å². The highest BCUT2D eigenvalue weighted by Gasteiger charge is 2.22. The summed E-state index contributed by atoms with van der Waals surface area (Å²) in [4.78, 5) is 1.59. The number of hydrogen-bond acceptors (Lipinski definition) is 2. The van der Waals surface area contributed by atoms with E-state index in [1.54, 1.807) is 23.9 Å². The lowest BCUT2D eigenvalue weighted by Crippen LogP contribution is -2.08. The van der Waals surface area contributed by atoms with Gasteiger partial charge in [0.1, 0.15) is 5.82 Å². The molecule has 0 amide bonds. The van der Waals surface area contributed by atoms with Crippen LogP contribution >= 0.6 is 27.7 Å². The first-order valence-electron chi connectivity index (χ1n) is 4.88. The molecule has 2 atom stereocenters. The van der Waals surface area contributed by atoms with Gasteiger partial charge in [0, 0.05) is 15.5 Å². The summed E-state index contributed by atoms with van der Waals surface area (Å²) in [6.45, 7) is 0.800. The predicted octanol–water partition coefficient (Wildman–Crippen LogP) is 3.47. The Morgan fingerprint density at radius 2 is 2.13 bits per heavy atom. The first kappa shape index (κ1) is 11.4. The van der Waals surface area contributed by atoms with Gasteiger partial charge >= 0.3 is 0 Å².